The lowest BCUT2D eigenvalue weighted by Crippen LogP contribution is -2.27. The number of aryl methyl sites for hydroxylation is 1. The number of nitrogens with one attached hydrogen (secondary N) is 2. The first-order chi connectivity index (χ1) is 7.74. The number of hydrogen-bond donors (Lipinski definition) is 2. The maximum absolute atomic E-state index is 11.9. The van der Waals surface area contributed by atoms with Gasteiger partial charge in [0, 0.05) is 17.3 Å². The van der Waals surface area contributed by atoms with E-state index in [0.29, 0.717) is 17.7 Å². The molecule has 86 valence electrons. The highest BCUT2D eigenvalue weighted by atomic mass is 16.2. The molecule has 0 radical (unpaired) electrons. The molecule has 0 saturated heterocycles. The summed E-state index contributed by atoms with van der Waals surface area (Å²) in [4.78, 5) is 11.9. The van der Waals surface area contributed by atoms with Gasteiger partial charge in [-0.05, 0) is 38.0 Å². The van der Waals surface area contributed by atoms with Crippen molar-refractivity contribution in [2.24, 2.45) is 5.92 Å². The Balaban J connectivity index is 1.83. The van der Waals surface area contributed by atoms with E-state index < -0.39 is 0 Å². The summed E-state index contributed by atoms with van der Waals surface area (Å²) in [7, 11) is 0. The number of carbonyl (C=O) groups is 1. The highest BCUT2D eigenvalue weighted by Crippen LogP contribution is 2.27. The normalized spacial score (nSPS) is 23.9. The maximum Gasteiger partial charge on any atom is 0.272 e. The van der Waals surface area contributed by atoms with Crippen molar-refractivity contribution in [3.63, 3.8) is 0 Å². The fourth-order valence-electron chi connectivity index (χ4n) is 2.34. The molecule has 0 bridgehead atoms. The van der Waals surface area contributed by atoms with Crippen molar-refractivity contribution in [1.29, 1.82) is 0 Å². The molecule has 1 heterocycles. The van der Waals surface area contributed by atoms with Gasteiger partial charge in [-0.15, -0.1) is 0 Å². The largest absolute Gasteiger partial charge is 0.348 e. The number of H-pyrrole nitrogens is 1. The Kier molecular flexibility index (Phi) is 2.23. The first kappa shape index (κ1) is 9.87. The third-order valence-electron chi connectivity index (χ3n) is 3.52. The van der Waals surface area contributed by atoms with E-state index in [1.165, 1.54) is 12.1 Å². The van der Waals surface area contributed by atoms with E-state index in [0.717, 1.165) is 31.2 Å². The second-order valence-corrected chi connectivity index (χ2v) is 5.13. The number of hydrogen-bond acceptors (Lipinski definition) is 2. The summed E-state index contributed by atoms with van der Waals surface area (Å²) in [6.07, 6.45) is 5.45. The van der Waals surface area contributed by atoms with Gasteiger partial charge in [-0.1, -0.05) is 6.92 Å². The van der Waals surface area contributed by atoms with Crippen molar-refractivity contribution in [3.8, 4) is 0 Å². The van der Waals surface area contributed by atoms with E-state index in [1.54, 1.807) is 0 Å². The molecule has 2 aliphatic carbocycles. The van der Waals surface area contributed by atoms with Gasteiger partial charge < -0.3 is 5.32 Å². The molecule has 4 heteroatoms. The lowest BCUT2D eigenvalue weighted by atomic mass is 9.87. The van der Waals surface area contributed by atoms with Gasteiger partial charge in [0.1, 0.15) is 0 Å². The summed E-state index contributed by atoms with van der Waals surface area (Å²) in [5.41, 5.74) is 2.95. The van der Waals surface area contributed by atoms with Gasteiger partial charge in [0.05, 0.1) is 0 Å². The molecule has 0 unspecified atom stereocenters. The number of rotatable bonds is 2. The smallest absolute Gasteiger partial charge is 0.272 e. The summed E-state index contributed by atoms with van der Waals surface area (Å²) in [5, 5.41) is 10.2. The lowest BCUT2D eigenvalue weighted by Gasteiger charge is -2.17. The van der Waals surface area contributed by atoms with Gasteiger partial charge >= 0.3 is 0 Å². The van der Waals surface area contributed by atoms with Crippen LogP contribution >= 0.6 is 0 Å². The lowest BCUT2D eigenvalue weighted by molar-refractivity contribution is 0.0945. The Morgan fingerprint density at radius 1 is 1.44 bits per heavy atom. The van der Waals surface area contributed by atoms with Crippen LogP contribution in [0, 0.1) is 5.92 Å². The molecule has 16 heavy (non-hydrogen) atoms. The quantitative estimate of drug-likeness (QED) is 0.790. The van der Waals surface area contributed by atoms with Crippen molar-refractivity contribution in [1.82, 2.24) is 15.5 Å². The van der Waals surface area contributed by atoms with Crippen LogP contribution in [0.25, 0.3) is 0 Å². The van der Waals surface area contributed by atoms with Crippen LogP contribution < -0.4 is 5.32 Å². The molecule has 1 fully saturated rings. The Labute approximate surface area is 94.8 Å². The van der Waals surface area contributed by atoms with Gasteiger partial charge in [-0.3, -0.25) is 9.89 Å². The van der Waals surface area contributed by atoms with Crippen molar-refractivity contribution < 1.29 is 4.79 Å². The average Bonchev–Trinajstić information content (AvgIpc) is 2.96. The molecule has 2 aliphatic rings. The van der Waals surface area contributed by atoms with Crippen LogP contribution in [-0.2, 0) is 12.8 Å². The van der Waals surface area contributed by atoms with Crippen molar-refractivity contribution in [2.75, 3.05) is 0 Å². The highest BCUT2D eigenvalue weighted by Gasteiger charge is 2.28. The van der Waals surface area contributed by atoms with E-state index in [-0.39, 0.29) is 5.91 Å². The van der Waals surface area contributed by atoms with Gasteiger partial charge in [0.25, 0.3) is 5.91 Å². The van der Waals surface area contributed by atoms with Crippen molar-refractivity contribution >= 4 is 5.91 Å². The van der Waals surface area contributed by atoms with Gasteiger partial charge in [0.15, 0.2) is 5.69 Å². The SMILES string of the molecule is C[C@H]1CCc2[nH]nc(C(=O)NC3CC3)c2C1. The van der Waals surface area contributed by atoms with Crippen molar-refractivity contribution in [3.05, 3.63) is 17.0 Å². The topological polar surface area (TPSA) is 57.8 Å². The molecule has 1 aromatic heterocycles. The van der Waals surface area contributed by atoms with E-state index in [9.17, 15) is 4.79 Å². The van der Waals surface area contributed by atoms with Gasteiger partial charge in [-0.25, -0.2) is 0 Å². The minimum absolute atomic E-state index is 0.00843. The van der Waals surface area contributed by atoms with Gasteiger partial charge in [-0.2, -0.15) is 5.10 Å². The molecule has 0 aliphatic heterocycles. The second kappa shape index (κ2) is 3.61. The monoisotopic (exact) mass is 219 g/mol. The number of aromatic nitrogens is 2. The molecule has 1 atom stereocenters. The summed E-state index contributed by atoms with van der Waals surface area (Å²) in [6.45, 7) is 2.23. The van der Waals surface area contributed by atoms with Crippen LogP contribution in [0.5, 0.6) is 0 Å². The number of aromatic amines is 1. The minimum atomic E-state index is 0.00843. The van der Waals surface area contributed by atoms with Crippen LogP contribution in [0.1, 0.15) is 47.9 Å². The fourth-order valence-corrected chi connectivity index (χ4v) is 2.34. The standard InChI is InChI=1S/C12H17N3O/c1-7-2-5-10-9(6-7)11(15-14-10)12(16)13-8-3-4-8/h7-8H,2-6H2,1H3,(H,13,16)(H,14,15)/t7-/m0/s1. The third-order valence-corrected chi connectivity index (χ3v) is 3.52. The minimum Gasteiger partial charge on any atom is -0.348 e. The first-order valence-corrected chi connectivity index (χ1v) is 6.11. The van der Waals surface area contributed by atoms with E-state index in [4.69, 9.17) is 0 Å². The number of fused-ring (bicyclic) bond motifs is 1. The molecular weight excluding hydrogens is 202 g/mol. The predicted molar refractivity (Wildman–Crippen MR) is 60.3 cm³/mol. The van der Waals surface area contributed by atoms with E-state index >= 15 is 0 Å². The highest BCUT2D eigenvalue weighted by molar-refractivity contribution is 5.94. The molecule has 0 aromatic carbocycles. The Bertz CT molecular complexity index is 420. The van der Waals surface area contributed by atoms with Crippen molar-refractivity contribution in [2.45, 2.75) is 45.1 Å². The molecule has 0 spiro atoms. The second-order valence-electron chi connectivity index (χ2n) is 5.13. The molecule has 4 nitrogen and oxygen atoms in total. The zero-order valence-electron chi connectivity index (χ0n) is 9.55. The number of carbonyl (C=O) groups excluding carboxylic acids is 1. The molecule has 1 saturated carbocycles. The summed E-state index contributed by atoms with van der Waals surface area (Å²) < 4.78 is 0. The molecule has 1 aromatic rings. The molecular formula is C12H17N3O. The van der Waals surface area contributed by atoms with Crippen LogP contribution in [0.3, 0.4) is 0 Å². The van der Waals surface area contributed by atoms with Crippen LogP contribution in [0.15, 0.2) is 0 Å². The predicted octanol–water partition coefficient (Wildman–Crippen LogP) is 1.43. The fraction of sp³-hybridized carbons (Fsp3) is 0.667. The van der Waals surface area contributed by atoms with E-state index in [2.05, 4.69) is 22.4 Å². The Morgan fingerprint density at radius 3 is 3.00 bits per heavy atom. The van der Waals surface area contributed by atoms with Crippen LogP contribution in [0.4, 0.5) is 0 Å². The van der Waals surface area contributed by atoms with E-state index in [1.807, 2.05) is 0 Å². The summed E-state index contributed by atoms with van der Waals surface area (Å²) >= 11 is 0. The average molecular weight is 219 g/mol. The van der Waals surface area contributed by atoms with Crippen LogP contribution in [0.2, 0.25) is 0 Å². The zero-order chi connectivity index (χ0) is 11.1. The summed E-state index contributed by atoms with van der Waals surface area (Å²) in [5.74, 6) is 0.673. The number of amides is 1. The number of nitrogens with zero attached hydrogens (tertiary/aromatic N) is 1. The molecule has 3 rings (SSSR count). The zero-order valence-corrected chi connectivity index (χ0v) is 9.55. The summed E-state index contributed by atoms with van der Waals surface area (Å²) in [6, 6.07) is 0.404. The first-order valence-electron chi connectivity index (χ1n) is 6.11. The maximum atomic E-state index is 11.9. The molecule has 1 amide bonds. The Morgan fingerprint density at radius 2 is 2.25 bits per heavy atom. The molecule has 2 N–H and O–H groups in total. The Hall–Kier alpha value is -1.32. The van der Waals surface area contributed by atoms with Gasteiger partial charge in [0.2, 0.25) is 0 Å². The third kappa shape index (κ3) is 1.72. The van der Waals surface area contributed by atoms with Crippen LogP contribution in [-0.4, -0.2) is 22.1 Å².